The van der Waals surface area contributed by atoms with Gasteiger partial charge in [0.1, 0.15) is 11.9 Å². The lowest BCUT2D eigenvalue weighted by atomic mass is 9.99. The van der Waals surface area contributed by atoms with Gasteiger partial charge < -0.3 is 20.1 Å². The summed E-state index contributed by atoms with van der Waals surface area (Å²) in [5.74, 6) is -0.551. The van der Waals surface area contributed by atoms with E-state index < -0.39 is 22.2 Å². The highest BCUT2D eigenvalue weighted by atomic mass is 32.2. The third-order valence-corrected chi connectivity index (χ3v) is 8.88. The number of amides is 2. The Morgan fingerprint density at radius 2 is 1.75 bits per heavy atom. The number of nitrogens with one attached hydrogen (secondary N) is 1. The van der Waals surface area contributed by atoms with Gasteiger partial charge in [-0.2, -0.15) is 4.31 Å². The second-order valence-corrected chi connectivity index (χ2v) is 12.2. The third-order valence-electron chi connectivity index (χ3n) is 7.04. The molecule has 9 nitrogen and oxygen atoms in total. The van der Waals surface area contributed by atoms with Crippen molar-refractivity contribution in [2.24, 2.45) is 5.92 Å². The number of aliphatic hydroxyl groups is 1. The van der Waals surface area contributed by atoms with Crippen molar-refractivity contribution < 1.29 is 27.9 Å². The average molecular weight is 566 g/mol. The highest BCUT2D eigenvalue weighted by molar-refractivity contribution is 7.89. The highest BCUT2D eigenvalue weighted by Gasteiger charge is 2.35. The number of anilines is 1. The summed E-state index contributed by atoms with van der Waals surface area (Å²) >= 11 is 0. The fraction of sp³-hybridized carbons (Fsp3) is 0.333. The molecule has 1 aliphatic heterocycles. The summed E-state index contributed by atoms with van der Waals surface area (Å²) in [6.45, 7) is 3.69. The molecule has 1 heterocycles. The quantitative estimate of drug-likeness (QED) is 0.411. The van der Waals surface area contributed by atoms with Crippen molar-refractivity contribution in [3.63, 3.8) is 0 Å². The van der Waals surface area contributed by atoms with Crippen molar-refractivity contribution in [2.45, 2.75) is 37.3 Å². The smallest absolute Gasteiger partial charge is 0.258 e. The number of sulfonamides is 1. The fourth-order valence-electron chi connectivity index (χ4n) is 4.63. The zero-order chi connectivity index (χ0) is 28.9. The van der Waals surface area contributed by atoms with Crippen molar-refractivity contribution in [1.82, 2.24) is 9.21 Å². The SMILES string of the molecule is C[C@H](CO)N1C[C@H](C)[C@@H](CN(C)S(=O)(=O)c2ccccc2)Oc2ccc(NC(=O)Cc3ccccc3)cc2C1=O. The Bertz CT molecular complexity index is 1430. The van der Waals surface area contributed by atoms with E-state index in [4.69, 9.17) is 4.74 Å². The lowest BCUT2D eigenvalue weighted by Crippen LogP contribution is -2.50. The highest BCUT2D eigenvalue weighted by Crippen LogP contribution is 2.31. The van der Waals surface area contributed by atoms with Crippen LogP contribution in [-0.4, -0.2) is 73.4 Å². The molecule has 10 heteroatoms. The molecule has 0 saturated carbocycles. The first kappa shape index (κ1) is 29.3. The summed E-state index contributed by atoms with van der Waals surface area (Å²) in [4.78, 5) is 28.1. The molecular formula is C30H35N3O6S. The first-order valence-corrected chi connectivity index (χ1v) is 14.6. The first-order chi connectivity index (χ1) is 19.1. The van der Waals surface area contributed by atoms with E-state index in [2.05, 4.69) is 5.32 Å². The van der Waals surface area contributed by atoms with Crippen LogP contribution in [0.4, 0.5) is 5.69 Å². The first-order valence-electron chi connectivity index (χ1n) is 13.2. The van der Waals surface area contributed by atoms with Crippen LogP contribution in [0.25, 0.3) is 0 Å². The maximum absolute atomic E-state index is 13.7. The molecule has 0 saturated heterocycles. The molecule has 40 heavy (non-hydrogen) atoms. The van der Waals surface area contributed by atoms with Gasteiger partial charge in [0.05, 0.1) is 36.1 Å². The lowest BCUT2D eigenvalue weighted by molar-refractivity contribution is -0.115. The number of fused-ring (bicyclic) bond motifs is 1. The second kappa shape index (κ2) is 12.6. The largest absolute Gasteiger partial charge is 0.488 e. The van der Waals surface area contributed by atoms with Gasteiger partial charge in [-0.15, -0.1) is 0 Å². The Labute approximate surface area is 235 Å². The molecule has 3 aromatic carbocycles. The third kappa shape index (κ3) is 6.70. The van der Waals surface area contributed by atoms with Crippen molar-refractivity contribution >= 4 is 27.5 Å². The molecule has 3 aromatic rings. The minimum Gasteiger partial charge on any atom is -0.488 e. The summed E-state index contributed by atoms with van der Waals surface area (Å²) in [5.41, 5.74) is 1.52. The van der Waals surface area contributed by atoms with Crippen LogP contribution in [0.2, 0.25) is 0 Å². The van der Waals surface area contributed by atoms with Crippen molar-refractivity contribution in [3.8, 4) is 5.75 Å². The Hall–Kier alpha value is -3.73. The normalized spacial score (nSPS) is 18.3. The molecule has 0 aromatic heterocycles. The number of benzene rings is 3. The summed E-state index contributed by atoms with van der Waals surface area (Å²) < 4.78 is 34.0. The predicted octanol–water partition coefficient (Wildman–Crippen LogP) is 3.41. The van der Waals surface area contributed by atoms with E-state index in [1.807, 2.05) is 37.3 Å². The molecule has 1 aliphatic rings. The summed E-state index contributed by atoms with van der Waals surface area (Å²) in [5, 5.41) is 12.7. The van der Waals surface area contributed by atoms with Gasteiger partial charge in [-0.05, 0) is 42.8 Å². The molecule has 212 valence electrons. The molecule has 2 amide bonds. The van der Waals surface area contributed by atoms with Gasteiger partial charge in [0.25, 0.3) is 5.91 Å². The second-order valence-electron chi connectivity index (χ2n) is 10.1. The molecule has 0 aliphatic carbocycles. The van der Waals surface area contributed by atoms with Gasteiger partial charge in [0, 0.05) is 25.2 Å². The standard InChI is InChI=1S/C30H35N3O6S/c1-21-18-33(22(2)20-34)30(36)26-17-24(31-29(35)16-23-10-6-4-7-11-23)14-15-27(26)39-28(21)19-32(3)40(37,38)25-12-8-5-9-13-25/h4-15,17,21-22,28,34H,16,18-20H2,1-3H3,(H,31,35)/t21-,22+,28+/m0/s1. The fourth-order valence-corrected chi connectivity index (χ4v) is 5.83. The van der Waals surface area contributed by atoms with Crippen molar-refractivity contribution in [1.29, 1.82) is 0 Å². The number of carbonyl (C=O) groups is 2. The zero-order valence-corrected chi connectivity index (χ0v) is 23.7. The van der Waals surface area contributed by atoms with E-state index in [1.165, 1.54) is 11.4 Å². The molecule has 0 unspecified atom stereocenters. The van der Waals surface area contributed by atoms with Gasteiger partial charge in [0.15, 0.2) is 0 Å². The summed E-state index contributed by atoms with van der Waals surface area (Å²) in [7, 11) is -2.26. The predicted molar refractivity (Wildman–Crippen MR) is 153 cm³/mol. The van der Waals surface area contributed by atoms with Crippen molar-refractivity contribution in [2.75, 3.05) is 32.1 Å². The number of hydrogen-bond donors (Lipinski definition) is 2. The Morgan fingerprint density at radius 3 is 2.40 bits per heavy atom. The molecule has 3 atom stereocenters. The van der Waals surface area contributed by atoms with E-state index in [1.54, 1.807) is 60.4 Å². The maximum Gasteiger partial charge on any atom is 0.258 e. The Morgan fingerprint density at radius 1 is 1.10 bits per heavy atom. The van der Waals surface area contributed by atoms with E-state index >= 15 is 0 Å². The van der Waals surface area contributed by atoms with Crippen LogP contribution < -0.4 is 10.1 Å². The number of aliphatic hydroxyl groups excluding tert-OH is 1. The van der Waals surface area contributed by atoms with Gasteiger partial charge in [-0.1, -0.05) is 55.5 Å². The number of rotatable bonds is 9. The van der Waals surface area contributed by atoms with E-state index in [-0.39, 0.29) is 60.1 Å². The molecule has 0 fully saturated rings. The van der Waals surface area contributed by atoms with Crippen LogP contribution in [-0.2, 0) is 21.2 Å². The Kier molecular flexibility index (Phi) is 9.24. The number of nitrogens with zero attached hydrogens (tertiary/aromatic N) is 2. The number of carbonyl (C=O) groups excluding carboxylic acids is 2. The van der Waals surface area contributed by atoms with Gasteiger partial charge in [-0.25, -0.2) is 8.42 Å². The van der Waals surface area contributed by atoms with E-state index in [9.17, 15) is 23.1 Å². The minimum absolute atomic E-state index is 0.0446. The number of ether oxygens (including phenoxy) is 1. The molecule has 0 spiro atoms. The van der Waals surface area contributed by atoms with Gasteiger partial charge in [0.2, 0.25) is 15.9 Å². The zero-order valence-electron chi connectivity index (χ0n) is 22.9. The molecule has 0 radical (unpaired) electrons. The van der Waals surface area contributed by atoms with Crippen LogP contribution in [0.3, 0.4) is 0 Å². The van der Waals surface area contributed by atoms with Gasteiger partial charge >= 0.3 is 0 Å². The lowest BCUT2D eigenvalue weighted by Gasteiger charge is -2.38. The summed E-state index contributed by atoms with van der Waals surface area (Å²) in [6.07, 6.45) is -0.417. The molecule has 0 bridgehead atoms. The molecule has 2 N–H and O–H groups in total. The van der Waals surface area contributed by atoms with Gasteiger partial charge in [-0.3, -0.25) is 9.59 Å². The number of hydrogen-bond acceptors (Lipinski definition) is 6. The van der Waals surface area contributed by atoms with Crippen LogP contribution in [0.5, 0.6) is 5.75 Å². The van der Waals surface area contributed by atoms with Crippen LogP contribution in [0, 0.1) is 5.92 Å². The summed E-state index contributed by atoms with van der Waals surface area (Å²) in [6, 6.07) is 21.9. The topological polar surface area (TPSA) is 116 Å². The van der Waals surface area contributed by atoms with E-state index in [0.29, 0.717) is 5.69 Å². The van der Waals surface area contributed by atoms with Crippen LogP contribution in [0.1, 0.15) is 29.8 Å². The van der Waals surface area contributed by atoms with Crippen LogP contribution >= 0.6 is 0 Å². The number of likely N-dealkylation sites (N-methyl/N-ethyl adjacent to an activating group) is 1. The van der Waals surface area contributed by atoms with E-state index in [0.717, 1.165) is 5.56 Å². The molecule has 4 rings (SSSR count). The maximum atomic E-state index is 13.7. The Balaban J connectivity index is 1.62. The van der Waals surface area contributed by atoms with Crippen molar-refractivity contribution in [3.05, 3.63) is 90.0 Å². The molecular weight excluding hydrogens is 530 g/mol. The van der Waals surface area contributed by atoms with Crippen LogP contribution in [0.15, 0.2) is 83.8 Å². The minimum atomic E-state index is -3.77. The monoisotopic (exact) mass is 565 g/mol. The average Bonchev–Trinajstić information content (AvgIpc) is 2.95.